The lowest BCUT2D eigenvalue weighted by Gasteiger charge is -1.83. The predicted octanol–water partition coefficient (Wildman–Crippen LogP) is 1.19. The van der Waals surface area contributed by atoms with Crippen LogP contribution in [0.25, 0.3) is 0 Å². The Morgan fingerprint density at radius 2 is 2.30 bits per heavy atom. The summed E-state index contributed by atoms with van der Waals surface area (Å²) in [6.45, 7) is 3.77. The fraction of sp³-hybridized carbons (Fsp3) is 0.286. The fourth-order valence-corrected chi connectivity index (χ4v) is 0.859. The van der Waals surface area contributed by atoms with E-state index in [1.807, 2.05) is 19.9 Å². The van der Waals surface area contributed by atoms with Gasteiger partial charge in [-0.3, -0.25) is 0 Å². The molecule has 1 aromatic rings. The van der Waals surface area contributed by atoms with Gasteiger partial charge in [0.15, 0.2) is 0 Å². The lowest BCUT2D eigenvalue weighted by molar-refractivity contribution is 0.504. The minimum Gasteiger partial charge on any atom is -0.466 e. The van der Waals surface area contributed by atoms with E-state index in [0.29, 0.717) is 0 Å². The summed E-state index contributed by atoms with van der Waals surface area (Å²) in [6.07, 6.45) is 1.58. The van der Waals surface area contributed by atoms with Gasteiger partial charge in [0.05, 0.1) is 6.21 Å². The lowest BCUT2D eigenvalue weighted by atomic mass is 10.3. The first-order valence-electron chi connectivity index (χ1n) is 3.04. The molecule has 0 aliphatic carbocycles. The van der Waals surface area contributed by atoms with Gasteiger partial charge in [0.25, 0.3) is 0 Å². The topological polar surface area (TPSA) is 51.5 Å². The first kappa shape index (κ1) is 6.86. The van der Waals surface area contributed by atoms with Crippen LogP contribution in [0.5, 0.6) is 0 Å². The Bertz CT molecular complexity index is 250. The van der Waals surface area contributed by atoms with Gasteiger partial charge in [0.1, 0.15) is 11.5 Å². The molecule has 0 saturated heterocycles. The van der Waals surface area contributed by atoms with Crippen molar-refractivity contribution >= 4 is 6.21 Å². The second-order valence-corrected chi connectivity index (χ2v) is 2.15. The molecule has 0 atom stereocenters. The number of aryl methyl sites for hydroxylation is 2. The van der Waals surface area contributed by atoms with Crippen LogP contribution in [0.3, 0.4) is 0 Å². The molecular weight excluding hydrogens is 128 g/mol. The predicted molar refractivity (Wildman–Crippen MR) is 40.0 cm³/mol. The van der Waals surface area contributed by atoms with Gasteiger partial charge < -0.3 is 10.3 Å². The number of hydrazone groups is 1. The highest BCUT2D eigenvalue weighted by Crippen LogP contribution is 2.10. The molecule has 54 valence electrons. The zero-order chi connectivity index (χ0) is 7.56. The molecular formula is C7H10N2O. The Morgan fingerprint density at radius 3 is 2.70 bits per heavy atom. The molecule has 1 aromatic heterocycles. The second-order valence-electron chi connectivity index (χ2n) is 2.15. The molecule has 0 radical (unpaired) electrons. The maximum absolute atomic E-state index is 5.22. The Labute approximate surface area is 59.5 Å². The molecule has 0 unspecified atom stereocenters. The van der Waals surface area contributed by atoms with E-state index in [9.17, 15) is 0 Å². The molecule has 0 saturated carbocycles. The van der Waals surface area contributed by atoms with Crippen molar-refractivity contribution in [2.75, 3.05) is 0 Å². The lowest BCUT2D eigenvalue weighted by Crippen LogP contribution is -1.84. The van der Waals surface area contributed by atoms with Gasteiger partial charge in [-0.25, -0.2) is 0 Å². The summed E-state index contributed by atoms with van der Waals surface area (Å²) in [5, 5.41) is 3.40. The molecule has 0 aromatic carbocycles. The first-order chi connectivity index (χ1) is 4.74. The minimum atomic E-state index is 0.853. The molecule has 0 aliphatic rings. The molecule has 0 amide bonds. The van der Waals surface area contributed by atoms with Crippen molar-refractivity contribution in [1.29, 1.82) is 0 Å². The minimum absolute atomic E-state index is 0.853. The summed E-state index contributed by atoms with van der Waals surface area (Å²) in [6, 6.07) is 1.89. The van der Waals surface area contributed by atoms with Crippen LogP contribution < -0.4 is 5.84 Å². The third-order valence-electron chi connectivity index (χ3n) is 1.29. The maximum Gasteiger partial charge on any atom is 0.109 e. The zero-order valence-electron chi connectivity index (χ0n) is 6.09. The summed E-state index contributed by atoms with van der Waals surface area (Å²) in [7, 11) is 0. The van der Waals surface area contributed by atoms with Crippen LogP contribution in [0.15, 0.2) is 15.6 Å². The van der Waals surface area contributed by atoms with Crippen LogP contribution in [0, 0.1) is 13.8 Å². The van der Waals surface area contributed by atoms with Crippen LogP contribution in [-0.2, 0) is 0 Å². The average Bonchev–Trinajstić information content (AvgIpc) is 2.13. The molecule has 0 fully saturated rings. The Morgan fingerprint density at radius 1 is 1.60 bits per heavy atom. The highest BCUT2D eigenvalue weighted by atomic mass is 16.3. The van der Waals surface area contributed by atoms with E-state index < -0.39 is 0 Å². The molecule has 0 spiro atoms. The quantitative estimate of drug-likeness (QED) is 0.360. The maximum atomic E-state index is 5.22. The highest BCUT2D eigenvalue weighted by molar-refractivity contribution is 5.80. The second kappa shape index (κ2) is 2.56. The van der Waals surface area contributed by atoms with E-state index >= 15 is 0 Å². The van der Waals surface area contributed by atoms with E-state index in [2.05, 4.69) is 5.10 Å². The summed E-state index contributed by atoms with van der Waals surface area (Å²) in [4.78, 5) is 0. The summed E-state index contributed by atoms with van der Waals surface area (Å²) >= 11 is 0. The van der Waals surface area contributed by atoms with Crippen molar-refractivity contribution < 1.29 is 4.42 Å². The molecule has 1 rings (SSSR count). The third kappa shape index (κ3) is 1.18. The Balaban J connectivity index is 3.03. The molecule has 10 heavy (non-hydrogen) atoms. The number of hydrogen-bond acceptors (Lipinski definition) is 3. The third-order valence-corrected chi connectivity index (χ3v) is 1.29. The van der Waals surface area contributed by atoms with Gasteiger partial charge in [-0.2, -0.15) is 5.10 Å². The number of nitrogens with zero attached hydrogens (tertiary/aromatic N) is 1. The molecule has 1 heterocycles. The SMILES string of the molecule is Cc1cc(C=NN)c(C)o1. The monoisotopic (exact) mass is 138 g/mol. The van der Waals surface area contributed by atoms with Crippen molar-refractivity contribution in [2.45, 2.75) is 13.8 Å². The normalized spacial score (nSPS) is 11.0. The van der Waals surface area contributed by atoms with Crippen molar-refractivity contribution in [1.82, 2.24) is 0 Å². The highest BCUT2D eigenvalue weighted by Gasteiger charge is 1.99. The Hall–Kier alpha value is -1.25. The van der Waals surface area contributed by atoms with Gasteiger partial charge in [0.2, 0.25) is 0 Å². The van der Waals surface area contributed by atoms with Gasteiger partial charge in [-0.1, -0.05) is 0 Å². The van der Waals surface area contributed by atoms with Gasteiger partial charge in [-0.15, -0.1) is 0 Å². The van der Waals surface area contributed by atoms with Crippen LogP contribution in [-0.4, -0.2) is 6.21 Å². The fourth-order valence-electron chi connectivity index (χ4n) is 0.859. The number of furan rings is 1. The van der Waals surface area contributed by atoms with Crippen LogP contribution in [0.2, 0.25) is 0 Å². The summed E-state index contributed by atoms with van der Waals surface area (Å²) < 4.78 is 5.22. The van der Waals surface area contributed by atoms with E-state index in [4.69, 9.17) is 10.3 Å². The van der Waals surface area contributed by atoms with Crippen molar-refractivity contribution in [3.8, 4) is 0 Å². The number of rotatable bonds is 1. The molecule has 2 N–H and O–H groups in total. The summed E-state index contributed by atoms with van der Waals surface area (Å²) in [5.41, 5.74) is 0.944. The molecule has 3 heteroatoms. The van der Waals surface area contributed by atoms with E-state index in [-0.39, 0.29) is 0 Å². The summed E-state index contributed by atoms with van der Waals surface area (Å²) in [5.74, 6) is 6.70. The first-order valence-corrected chi connectivity index (χ1v) is 3.04. The Kier molecular flexibility index (Phi) is 1.76. The molecule has 0 bridgehead atoms. The van der Waals surface area contributed by atoms with E-state index in [1.54, 1.807) is 6.21 Å². The molecule has 0 aliphatic heterocycles. The number of hydrogen-bond donors (Lipinski definition) is 1. The van der Waals surface area contributed by atoms with Crippen molar-refractivity contribution in [2.24, 2.45) is 10.9 Å². The number of nitrogens with two attached hydrogens (primary N) is 1. The standard InChI is InChI=1S/C7H10N2O/c1-5-3-7(4-9-8)6(2)10-5/h3-4H,8H2,1-2H3. The van der Waals surface area contributed by atoms with E-state index in [0.717, 1.165) is 17.1 Å². The largest absolute Gasteiger partial charge is 0.466 e. The van der Waals surface area contributed by atoms with Crippen molar-refractivity contribution in [3.05, 3.63) is 23.2 Å². The van der Waals surface area contributed by atoms with E-state index in [1.165, 1.54) is 0 Å². The smallest absolute Gasteiger partial charge is 0.109 e. The zero-order valence-corrected chi connectivity index (χ0v) is 6.09. The molecule has 3 nitrogen and oxygen atoms in total. The average molecular weight is 138 g/mol. The van der Waals surface area contributed by atoms with Gasteiger partial charge in [0, 0.05) is 5.56 Å². The van der Waals surface area contributed by atoms with Crippen LogP contribution in [0.1, 0.15) is 17.1 Å². The van der Waals surface area contributed by atoms with Crippen molar-refractivity contribution in [3.63, 3.8) is 0 Å². The van der Waals surface area contributed by atoms with Gasteiger partial charge >= 0.3 is 0 Å². The van der Waals surface area contributed by atoms with Crippen LogP contribution >= 0.6 is 0 Å². The van der Waals surface area contributed by atoms with Gasteiger partial charge in [-0.05, 0) is 19.9 Å². The van der Waals surface area contributed by atoms with Crippen LogP contribution in [0.4, 0.5) is 0 Å².